The minimum Gasteiger partial charge on any atom is -0.269 e. The average molecular weight is 164 g/mol. The molecule has 0 bridgehead atoms. The summed E-state index contributed by atoms with van der Waals surface area (Å²) in [5.74, 6) is -0.912. The molecule has 0 aliphatic carbocycles. The molecule has 0 aromatic heterocycles. The maximum Gasteiger partial charge on any atom is 0.302 e. The fraction of sp³-hybridized carbons (Fsp3) is 0.500. The number of carbonyl (C=O) groups is 1. The fourth-order valence-electron chi connectivity index (χ4n) is 0.105. The van der Waals surface area contributed by atoms with Crippen LogP contribution in [-0.2, 0) is 26.1 Å². The summed E-state index contributed by atoms with van der Waals surface area (Å²) in [6.45, 7) is 0.961. The first-order valence-corrected chi connectivity index (χ1v) is 1.46. The van der Waals surface area contributed by atoms with E-state index in [1.54, 1.807) is 0 Å². The molecule has 0 saturated heterocycles. The molecule has 0 fully saturated rings. The van der Waals surface area contributed by atoms with Gasteiger partial charge in [-0.15, -0.1) is 10.1 Å². The van der Waals surface area contributed by atoms with Crippen LogP contribution in [0.15, 0.2) is 0 Å². The standard InChI is InChI=1S/C2H3NO4.Ni/c1-2(4)7-3(5)6;/h1H3;. The van der Waals surface area contributed by atoms with E-state index in [9.17, 15) is 14.9 Å². The molecule has 0 aliphatic heterocycles. The van der Waals surface area contributed by atoms with E-state index in [1.165, 1.54) is 0 Å². The van der Waals surface area contributed by atoms with Crippen LogP contribution in [0.2, 0.25) is 0 Å². The van der Waals surface area contributed by atoms with Gasteiger partial charge in [0.25, 0.3) is 0 Å². The second-order valence-electron chi connectivity index (χ2n) is 0.806. The van der Waals surface area contributed by atoms with Crippen LogP contribution in [0.5, 0.6) is 0 Å². The average Bonchev–Trinajstić information content (AvgIpc) is 1.27. The van der Waals surface area contributed by atoms with Crippen LogP contribution in [0.4, 0.5) is 0 Å². The minimum atomic E-state index is -1.15. The molecule has 0 N–H and O–H groups in total. The molecule has 0 aliphatic rings. The molecule has 0 aromatic rings. The zero-order valence-corrected chi connectivity index (χ0v) is 4.88. The van der Waals surface area contributed by atoms with E-state index < -0.39 is 11.1 Å². The van der Waals surface area contributed by atoms with Gasteiger partial charge < -0.3 is 0 Å². The number of rotatable bonds is 1. The first-order valence-electron chi connectivity index (χ1n) is 1.46. The molecule has 0 aromatic carbocycles. The van der Waals surface area contributed by atoms with Gasteiger partial charge in [-0.25, -0.2) is 4.84 Å². The number of carbonyl (C=O) groups excluding carboxylic acids is 1. The Hall–Kier alpha value is -0.636. The molecule has 6 heteroatoms. The number of hydrogen-bond donors (Lipinski definition) is 0. The third-order valence-corrected chi connectivity index (χ3v) is 0.203. The summed E-state index contributed by atoms with van der Waals surface area (Å²) < 4.78 is 0. The van der Waals surface area contributed by atoms with E-state index in [1.807, 2.05) is 0 Å². The molecular formula is C2H3NNiO4. The summed E-state index contributed by atoms with van der Waals surface area (Å²) in [5, 5.41) is 8.02. The topological polar surface area (TPSA) is 69.4 Å². The summed E-state index contributed by atoms with van der Waals surface area (Å²) >= 11 is 0. The van der Waals surface area contributed by atoms with Gasteiger partial charge in [-0.1, -0.05) is 0 Å². The SMILES string of the molecule is CC(=O)O[N+](=O)[O-].[Ni]. The van der Waals surface area contributed by atoms with Crippen LogP contribution in [0.1, 0.15) is 6.92 Å². The van der Waals surface area contributed by atoms with E-state index in [-0.39, 0.29) is 16.5 Å². The molecule has 5 nitrogen and oxygen atoms in total. The number of nitrogens with zero attached hydrogens (tertiary/aromatic N) is 1. The summed E-state index contributed by atoms with van der Waals surface area (Å²) in [7, 11) is 0. The quantitative estimate of drug-likeness (QED) is 0.304. The zero-order chi connectivity index (χ0) is 5.86. The van der Waals surface area contributed by atoms with Crippen LogP contribution in [0, 0.1) is 10.1 Å². The molecule has 8 heavy (non-hydrogen) atoms. The number of hydrogen-bond acceptors (Lipinski definition) is 4. The van der Waals surface area contributed by atoms with Gasteiger partial charge in [-0.3, -0.25) is 4.79 Å². The zero-order valence-electron chi connectivity index (χ0n) is 3.90. The Balaban J connectivity index is 0. The van der Waals surface area contributed by atoms with Crippen molar-refractivity contribution in [1.29, 1.82) is 0 Å². The smallest absolute Gasteiger partial charge is 0.269 e. The van der Waals surface area contributed by atoms with Crippen LogP contribution in [0.3, 0.4) is 0 Å². The molecular weight excluding hydrogens is 161 g/mol. The van der Waals surface area contributed by atoms with Gasteiger partial charge >= 0.3 is 11.1 Å². The predicted octanol–water partition coefficient (Wildman–Crippen LogP) is -0.261. The first kappa shape index (κ1) is 10.4. The van der Waals surface area contributed by atoms with E-state index in [2.05, 4.69) is 4.84 Å². The molecule has 0 spiro atoms. The normalized spacial score (nSPS) is 6.62. The van der Waals surface area contributed by atoms with Crippen molar-refractivity contribution in [2.24, 2.45) is 0 Å². The van der Waals surface area contributed by atoms with Gasteiger partial charge in [-0.2, -0.15) is 0 Å². The molecule has 0 radical (unpaired) electrons. The third kappa shape index (κ3) is 9.03. The molecule has 50 valence electrons. The molecule has 0 unspecified atom stereocenters. The maximum atomic E-state index is 9.59. The second-order valence-corrected chi connectivity index (χ2v) is 0.806. The van der Waals surface area contributed by atoms with Crippen molar-refractivity contribution in [3.8, 4) is 0 Å². The summed E-state index contributed by atoms with van der Waals surface area (Å²) in [6, 6.07) is 0. The maximum absolute atomic E-state index is 9.59. The third-order valence-electron chi connectivity index (χ3n) is 0.203. The van der Waals surface area contributed by atoms with Crippen LogP contribution >= 0.6 is 0 Å². The van der Waals surface area contributed by atoms with E-state index in [4.69, 9.17) is 0 Å². The van der Waals surface area contributed by atoms with Crippen molar-refractivity contribution >= 4 is 5.97 Å². The van der Waals surface area contributed by atoms with E-state index in [0.717, 1.165) is 6.92 Å². The van der Waals surface area contributed by atoms with Crippen LogP contribution in [0.25, 0.3) is 0 Å². The monoisotopic (exact) mass is 163 g/mol. The largest absolute Gasteiger partial charge is 0.302 e. The van der Waals surface area contributed by atoms with E-state index >= 15 is 0 Å². The summed E-state index contributed by atoms with van der Waals surface area (Å²) in [5.41, 5.74) is 0. The Morgan fingerprint density at radius 3 is 2.12 bits per heavy atom. The van der Waals surface area contributed by atoms with Crippen molar-refractivity contribution < 1.29 is 31.2 Å². The van der Waals surface area contributed by atoms with E-state index in [0.29, 0.717) is 0 Å². The van der Waals surface area contributed by atoms with Gasteiger partial charge in [0.05, 0.1) is 0 Å². The summed E-state index contributed by atoms with van der Waals surface area (Å²) in [6.07, 6.45) is 0. The Bertz CT molecular complexity index is 90.2. The van der Waals surface area contributed by atoms with Gasteiger partial charge in [0, 0.05) is 23.4 Å². The van der Waals surface area contributed by atoms with Gasteiger partial charge in [-0.05, 0) is 0 Å². The Labute approximate surface area is 55.0 Å². The molecule has 0 amide bonds. The summed E-state index contributed by atoms with van der Waals surface area (Å²) in [4.78, 5) is 22.1. The Morgan fingerprint density at radius 2 is 2.12 bits per heavy atom. The Kier molecular flexibility index (Phi) is 5.86. The van der Waals surface area contributed by atoms with Crippen LogP contribution in [-0.4, -0.2) is 11.1 Å². The molecule has 0 rings (SSSR count). The Morgan fingerprint density at radius 1 is 1.75 bits per heavy atom. The second kappa shape index (κ2) is 4.52. The predicted molar refractivity (Wildman–Crippen MR) is 18.8 cm³/mol. The molecule has 0 atom stereocenters. The molecule has 0 saturated carbocycles. The van der Waals surface area contributed by atoms with Crippen LogP contribution < -0.4 is 0 Å². The molecule has 0 heterocycles. The van der Waals surface area contributed by atoms with Gasteiger partial charge in [0.1, 0.15) is 0 Å². The van der Waals surface area contributed by atoms with Crippen molar-refractivity contribution in [2.75, 3.05) is 0 Å². The fourth-order valence-corrected chi connectivity index (χ4v) is 0.105. The minimum absolute atomic E-state index is 0. The van der Waals surface area contributed by atoms with Crippen molar-refractivity contribution in [1.82, 2.24) is 0 Å². The van der Waals surface area contributed by atoms with Gasteiger partial charge in [0.2, 0.25) is 0 Å². The van der Waals surface area contributed by atoms with Gasteiger partial charge in [0.15, 0.2) is 0 Å². The van der Waals surface area contributed by atoms with Crippen molar-refractivity contribution in [2.45, 2.75) is 6.92 Å². The first-order chi connectivity index (χ1) is 3.13. The van der Waals surface area contributed by atoms with Crippen molar-refractivity contribution in [3.05, 3.63) is 10.1 Å². The van der Waals surface area contributed by atoms with Crippen molar-refractivity contribution in [3.63, 3.8) is 0 Å².